The highest BCUT2D eigenvalue weighted by atomic mass is 15.3. The molecule has 194 valence electrons. The van der Waals surface area contributed by atoms with Gasteiger partial charge in [-0.2, -0.15) is 0 Å². The summed E-state index contributed by atoms with van der Waals surface area (Å²) >= 11 is 0. The maximum Gasteiger partial charge on any atom is 0.0153 e. The first-order chi connectivity index (χ1) is 15.3. The predicted molar refractivity (Wildman–Crippen MR) is 145 cm³/mol. The Balaban J connectivity index is 1.33. The third-order valence-electron chi connectivity index (χ3n) is 9.81. The van der Waals surface area contributed by atoms with Gasteiger partial charge < -0.3 is 4.90 Å². The molecule has 0 aromatic heterocycles. The fourth-order valence-corrected chi connectivity index (χ4v) is 6.33. The number of nitrogens with zero attached hydrogens (tertiary/aromatic N) is 3. The van der Waals surface area contributed by atoms with Crippen molar-refractivity contribution < 1.29 is 0 Å². The Bertz CT molecular complexity index is 582. The summed E-state index contributed by atoms with van der Waals surface area (Å²) in [6.07, 6.45) is 9.59. The summed E-state index contributed by atoms with van der Waals surface area (Å²) in [7, 11) is 0. The number of hydrogen-bond donors (Lipinski definition) is 0. The number of hydrogen-bond acceptors (Lipinski definition) is 3. The lowest BCUT2D eigenvalue weighted by Gasteiger charge is -2.52. The molecule has 3 fully saturated rings. The van der Waals surface area contributed by atoms with Crippen molar-refractivity contribution in [1.29, 1.82) is 0 Å². The van der Waals surface area contributed by atoms with Gasteiger partial charge in [0.2, 0.25) is 0 Å². The van der Waals surface area contributed by atoms with Crippen molar-refractivity contribution in [2.24, 2.45) is 28.6 Å². The first kappa shape index (κ1) is 27.5. The minimum absolute atomic E-state index is 0.341. The van der Waals surface area contributed by atoms with E-state index in [4.69, 9.17) is 0 Å². The summed E-state index contributed by atoms with van der Waals surface area (Å²) in [5.74, 6) is 2.70. The molecule has 3 heterocycles. The molecule has 33 heavy (non-hydrogen) atoms. The van der Waals surface area contributed by atoms with Gasteiger partial charge in [-0.1, -0.05) is 54.9 Å². The molecule has 0 radical (unpaired) electrons. The number of likely N-dealkylation sites (tertiary alicyclic amines) is 3. The van der Waals surface area contributed by atoms with E-state index < -0.39 is 0 Å². The Hall–Kier alpha value is -0.120. The second-order valence-corrected chi connectivity index (χ2v) is 15.0. The van der Waals surface area contributed by atoms with Crippen LogP contribution >= 0.6 is 0 Å². The van der Waals surface area contributed by atoms with E-state index in [0.717, 1.165) is 23.8 Å². The van der Waals surface area contributed by atoms with E-state index in [-0.39, 0.29) is 0 Å². The first-order valence-electron chi connectivity index (χ1n) is 14.5. The fraction of sp³-hybridized carbons (Fsp3) is 1.00. The lowest BCUT2D eigenvalue weighted by atomic mass is 9.69. The molecule has 0 saturated carbocycles. The maximum absolute atomic E-state index is 2.82. The first-order valence-corrected chi connectivity index (χ1v) is 14.5. The predicted octanol–water partition coefficient (Wildman–Crippen LogP) is 6.77. The molecular weight excluding hydrogens is 402 g/mol. The van der Waals surface area contributed by atoms with Crippen LogP contribution in [0.1, 0.15) is 107 Å². The normalized spacial score (nSPS) is 23.8. The molecule has 0 bridgehead atoms. The quantitative estimate of drug-likeness (QED) is 0.314. The van der Waals surface area contributed by atoms with Gasteiger partial charge in [0.25, 0.3) is 0 Å². The fourth-order valence-electron chi connectivity index (χ4n) is 6.33. The average Bonchev–Trinajstić information content (AvgIpc) is 2.63. The van der Waals surface area contributed by atoms with E-state index in [1.54, 1.807) is 0 Å². The topological polar surface area (TPSA) is 9.72 Å². The van der Waals surface area contributed by atoms with E-state index >= 15 is 0 Å². The van der Waals surface area contributed by atoms with Gasteiger partial charge in [-0.15, -0.1) is 0 Å². The van der Waals surface area contributed by atoms with Gasteiger partial charge >= 0.3 is 0 Å². The molecule has 0 aromatic rings. The molecule has 3 aliphatic heterocycles. The SMILES string of the molecule is CC(C)C1CN(C2CCN(C(C)(C)CCC(C)(C)C3CN(CCCCC(C)(C)C)C3)CC2)C1. The zero-order valence-corrected chi connectivity index (χ0v) is 24.1. The van der Waals surface area contributed by atoms with Gasteiger partial charge in [-0.25, -0.2) is 0 Å². The summed E-state index contributed by atoms with van der Waals surface area (Å²) < 4.78 is 0. The lowest BCUT2D eigenvalue weighted by Crippen LogP contribution is -2.58. The second kappa shape index (κ2) is 10.9. The van der Waals surface area contributed by atoms with Gasteiger partial charge in [-0.05, 0) is 87.5 Å². The van der Waals surface area contributed by atoms with Gasteiger partial charge in [0.05, 0.1) is 0 Å². The van der Waals surface area contributed by atoms with Crippen molar-refractivity contribution in [2.75, 3.05) is 45.8 Å². The van der Waals surface area contributed by atoms with E-state index in [0.29, 0.717) is 16.4 Å². The summed E-state index contributed by atoms with van der Waals surface area (Å²) in [4.78, 5) is 8.32. The van der Waals surface area contributed by atoms with Crippen molar-refractivity contribution in [3.05, 3.63) is 0 Å². The van der Waals surface area contributed by atoms with Crippen LogP contribution in [0.3, 0.4) is 0 Å². The smallest absolute Gasteiger partial charge is 0.0153 e. The zero-order chi connectivity index (χ0) is 24.4. The average molecular weight is 462 g/mol. The Morgan fingerprint density at radius 1 is 0.758 bits per heavy atom. The molecule has 0 N–H and O–H groups in total. The highest BCUT2D eigenvalue weighted by molar-refractivity contribution is 4.95. The molecular formula is C30H59N3. The van der Waals surface area contributed by atoms with Gasteiger partial charge in [0.15, 0.2) is 0 Å². The van der Waals surface area contributed by atoms with Gasteiger partial charge in [-0.3, -0.25) is 9.80 Å². The molecule has 0 unspecified atom stereocenters. The van der Waals surface area contributed by atoms with E-state index in [9.17, 15) is 0 Å². The van der Waals surface area contributed by atoms with Crippen molar-refractivity contribution >= 4 is 0 Å². The van der Waals surface area contributed by atoms with Crippen LogP contribution < -0.4 is 0 Å². The molecule has 0 amide bonds. The third-order valence-corrected chi connectivity index (χ3v) is 9.81. The van der Waals surface area contributed by atoms with Gasteiger partial charge in [0.1, 0.15) is 0 Å². The van der Waals surface area contributed by atoms with Crippen molar-refractivity contribution in [3.63, 3.8) is 0 Å². The molecule has 0 aliphatic carbocycles. The van der Waals surface area contributed by atoms with Crippen LogP contribution in [0, 0.1) is 28.6 Å². The van der Waals surface area contributed by atoms with Crippen LogP contribution in [0.4, 0.5) is 0 Å². The summed E-state index contributed by atoms with van der Waals surface area (Å²) in [6, 6.07) is 0.854. The Morgan fingerprint density at radius 2 is 1.36 bits per heavy atom. The van der Waals surface area contributed by atoms with Crippen LogP contribution in [-0.2, 0) is 0 Å². The Labute approximate surface area is 208 Å². The van der Waals surface area contributed by atoms with Crippen molar-refractivity contribution in [1.82, 2.24) is 14.7 Å². The molecule has 3 rings (SSSR count). The van der Waals surface area contributed by atoms with Crippen molar-refractivity contribution in [3.8, 4) is 0 Å². The third kappa shape index (κ3) is 7.68. The molecule has 0 aromatic carbocycles. The van der Waals surface area contributed by atoms with Crippen molar-refractivity contribution in [2.45, 2.75) is 119 Å². The molecule has 3 aliphatic rings. The van der Waals surface area contributed by atoms with Gasteiger partial charge in [0, 0.05) is 50.8 Å². The second-order valence-electron chi connectivity index (χ2n) is 15.0. The van der Waals surface area contributed by atoms with Crippen LogP contribution in [0.15, 0.2) is 0 Å². The molecule has 3 saturated heterocycles. The van der Waals surface area contributed by atoms with E-state index in [2.05, 4.69) is 77.0 Å². The number of rotatable bonds is 11. The largest absolute Gasteiger partial charge is 0.303 e. The molecule has 3 heteroatoms. The summed E-state index contributed by atoms with van der Waals surface area (Å²) in [6.45, 7) is 31.3. The molecule has 3 nitrogen and oxygen atoms in total. The van der Waals surface area contributed by atoms with Crippen LogP contribution in [0.25, 0.3) is 0 Å². The zero-order valence-electron chi connectivity index (χ0n) is 24.1. The summed E-state index contributed by atoms with van der Waals surface area (Å²) in [5.41, 5.74) is 1.31. The Kier molecular flexibility index (Phi) is 9.05. The van der Waals surface area contributed by atoms with Crippen LogP contribution in [-0.4, -0.2) is 72.1 Å². The number of unbranched alkanes of at least 4 members (excludes halogenated alkanes) is 1. The minimum Gasteiger partial charge on any atom is -0.303 e. The highest BCUT2D eigenvalue weighted by Crippen LogP contribution is 2.41. The highest BCUT2D eigenvalue weighted by Gasteiger charge is 2.41. The number of piperidine rings is 1. The summed E-state index contributed by atoms with van der Waals surface area (Å²) in [5, 5.41) is 0. The van der Waals surface area contributed by atoms with E-state index in [1.807, 2.05) is 0 Å². The van der Waals surface area contributed by atoms with E-state index in [1.165, 1.54) is 90.8 Å². The lowest BCUT2D eigenvalue weighted by molar-refractivity contribution is -0.0255. The molecule has 0 atom stereocenters. The Morgan fingerprint density at radius 3 is 1.91 bits per heavy atom. The van der Waals surface area contributed by atoms with Crippen LogP contribution in [0.5, 0.6) is 0 Å². The minimum atomic E-state index is 0.341. The maximum atomic E-state index is 2.82. The molecule has 0 spiro atoms. The standard InChI is InChI=1S/C30H59N3/c1-24(2)25-20-32(21-25)27-12-18-33(19-13-27)30(8,9)16-15-29(6,7)26-22-31(23-26)17-11-10-14-28(3,4)5/h24-27H,10-23H2,1-9H3. The van der Waals surface area contributed by atoms with Crippen LogP contribution in [0.2, 0.25) is 0 Å². The monoisotopic (exact) mass is 461 g/mol.